The first-order chi connectivity index (χ1) is 14.2. The number of anilines is 1. The molecule has 154 valence electrons. The Bertz CT molecular complexity index is 897. The van der Waals surface area contributed by atoms with E-state index in [1.807, 2.05) is 25.1 Å². The van der Waals surface area contributed by atoms with Gasteiger partial charge in [-0.3, -0.25) is 5.32 Å². The van der Waals surface area contributed by atoms with E-state index >= 15 is 0 Å². The molecule has 2 unspecified atom stereocenters. The Morgan fingerprint density at radius 3 is 2.93 bits per heavy atom. The van der Waals surface area contributed by atoms with Crippen LogP contribution in [0.4, 0.5) is 5.69 Å². The van der Waals surface area contributed by atoms with Crippen molar-refractivity contribution >= 4 is 5.69 Å². The summed E-state index contributed by atoms with van der Waals surface area (Å²) in [6.45, 7) is 4.91. The Hall–Kier alpha value is -2.70. The first-order valence-corrected chi connectivity index (χ1v) is 10.3. The van der Waals surface area contributed by atoms with E-state index in [-0.39, 0.29) is 17.8 Å². The van der Waals surface area contributed by atoms with Crippen molar-refractivity contribution in [3.8, 4) is 17.2 Å². The van der Waals surface area contributed by atoms with Crippen LogP contribution in [0.5, 0.6) is 17.2 Å². The minimum absolute atomic E-state index is 0.116. The second kappa shape index (κ2) is 8.76. The number of fused-ring (bicyclic) bond motifs is 1. The third-order valence-corrected chi connectivity index (χ3v) is 5.52. The summed E-state index contributed by atoms with van der Waals surface area (Å²) in [5, 5.41) is 31.6. The highest BCUT2D eigenvalue weighted by Gasteiger charge is 2.25. The number of ether oxygens (including phenoxy) is 1. The maximum atomic E-state index is 11.1. The lowest BCUT2D eigenvalue weighted by Crippen LogP contribution is -2.42. The quantitative estimate of drug-likeness (QED) is 0.382. The van der Waals surface area contributed by atoms with Crippen LogP contribution >= 0.6 is 0 Å². The van der Waals surface area contributed by atoms with E-state index in [1.54, 1.807) is 6.07 Å². The van der Waals surface area contributed by atoms with Crippen LogP contribution in [0.3, 0.4) is 0 Å². The van der Waals surface area contributed by atoms with Gasteiger partial charge < -0.3 is 25.6 Å². The Balaban J connectivity index is 1.76. The molecule has 6 heteroatoms. The van der Waals surface area contributed by atoms with Gasteiger partial charge in [0, 0.05) is 31.2 Å². The van der Waals surface area contributed by atoms with Gasteiger partial charge in [0.2, 0.25) is 0 Å². The zero-order chi connectivity index (χ0) is 20.2. The van der Waals surface area contributed by atoms with Gasteiger partial charge in [-0.2, -0.15) is 0 Å². The molecule has 0 amide bonds. The normalized spacial score (nSPS) is 19.3. The summed E-state index contributed by atoms with van der Waals surface area (Å²) in [7, 11) is 0. The lowest BCUT2D eigenvalue weighted by atomic mass is 9.92. The average Bonchev–Trinajstić information content (AvgIpc) is 2.75. The molecule has 2 aromatic rings. The molecule has 0 radical (unpaired) electrons. The van der Waals surface area contributed by atoms with Crippen LogP contribution in [0.1, 0.15) is 36.1 Å². The Kier molecular flexibility index (Phi) is 5.92. The predicted octanol–water partition coefficient (Wildman–Crippen LogP) is 3.06. The largest absolute Gasteiger partial charge is 0.505 e. The number of hydrogen-bond donors (Lipinski definition) is 5. The summed E-state index contributed by atoms with van der Waals surface area (Å²) in [6.07, 6.45) is 6.30. The van der Waals surface area contributed by atoms with Crippen LogP contribution in [0, 0.1) is 0 Å². The van der Waals surface area contributed by atoms with Crippen LogP contribution in [0.15, 0.2) is 42.5 Å². The first kappa shape index (κ1) is 19.6. The molecule has 0 spiro atoms. The molecule has 2 aliphatic rings. The minimum atomic E-state index is -0.251. The zero-order valence-corrected chi connectivity index (χ0v) is 16.7. The summed E-state index contributed by atoms with van der Waals surface area (Å²) in [4.78, 5) is 0. The predicted molar refractivity (Wildman–Crippen MR) is 115 cm³/mol. The number of benzene rings is 2. The van der Waals surface area contributed by atoms with E-state index in [0.717, 1.165) is 54.9 Å². The van der Waals surface area contributed by atoms with Gasteiger partial charge in [0.25, 0.3) is 0 Å². The number of rotatable bonds is 6. The number of hydrogen-bond acceptors (Lipinski definition) is 6. The van der Waals surface area contributed by atoms with E-state index in [4.69, 9.17) is 4.74 Å². The summed E-state index contributed by atoms with van der Waals surface area (Å²) in [5.74, 6) is 0.855. The molecule has 0 fully saturated rings. The summed E-state index contributed by atoms with van der Waals surface area (Å²) in [5.41, 5.74) is 3.72. The highest BCUT2D eigenvalue weighted by Crippen LogP contribution is 2.41. The minimum Gasteiger partial charge on any atom is -0.505 e. The number of phenols is 2. The van der Waals surface area contributed by atoms with Crippen LogP contribution in [-0.2, 0) is 6.42 Å². The monoisotopic (exact) mass is 395 g/mol. The van der Waals surface area contributed by atoms with Gasteiger partial charge in [-0.05, 0) is 43.0 Å². The molecular formula is C23H29N3O3. The molecular weight excluding hydrogens is 366 g/mol. The molecule has 4 rings (SSSR count). The topological polar surface area (TPSA) is 85.8 Å². The molecule has 2 aromatic carbocycles. The Labute approximate surface area is 171 Å². The molecule has 6 nitrogen and oxygen atoms in total. The van der Waals surface area contributed by atoms with Gasteiger partial charge in [-0.25, -0.2) is 0 Å². The Morgan fingerprint density at radius 2 is 2.14 bits per heavy atom. The zero-order valence-electron chi connectivity index (χ0n) is 16.7. The second-order valence-electron chi connectivity index (χ2n) is 7.52. The van der Waals surface area contributed by atoms with Crippen LogP contribution in [0.2, 0.25) is 0 Å². The number of phenolic OH excluding ortho intramolecular Hbond substituents is 2. The average molecular weight is 396 g/mol. The van der Waals surface area contributed by atoms with Gasteiger partial charge in [0.1, 0.15) is 5.75 Å². The van der Waals surface area contributed by atoms with Gasteiger partial charge >= 0.3 is 0 Å². The number of nitrogens with one attached hydrogen (secondary N) is 3. The maximum absolute atomic E-state index is 11.1. The van der Waals surface area contributed by atoms with Crippen molar-refractivity contribution in [1.29, 1.82) is 0 Å². The van der Waals surface area contributed by atoms with Crippen molar-refractivity contribution in [3.63, 3.8) is 0 Å². The van der Waals surface area contributed by atoms with Crippen molar-refractivity contribution in [3.05, 3.63) is 59.2 Å². The van der Waals surface area contributed by atoms with E-state index in [1.165, 1.54) is 0 Å². The standard InChI is InChI=1S/C23H29N3O3/c1-2-29-20-13-16(8-10-19(20)27)21(26-17-6-4-11-24-14-17)18-9-7-15-5-3-12-25-22(15)23(18)28/h4,6-10,13,17,21,24-28H,2-3,5,11-12,14H2,1H3. The van der Waals surface area contributed by atoms with Crippen molar-refractivity contribution < 1.29 is 14.9 Å². The molecule has 0 aromatic heterocycles. The summed E-state index contributed by atoms with van der Waals surface area (Å²) < 4.78 is 5.60. The molecule has 0 bridgehead atoms. The maximum Gasteiger partial charge on any atom is 0.161 e. The fourth-order valence-corrected chi connectivity index (χ4v) is 4.08. The van der Waals surface area contributed by atoms with E-state index < -0.39 is 0 Å². The number of aryl methyl sites for hydroxylation is 1. The van der Waals surface area contributed by atoms with Crippen molar-refractivity contribution in [2.24, 2.45) is 0 Å². The van der Waals surface area contributed by atoms with Gasteiger partial charge in [-0.1, -0.05) is 30.4 Å². The third kappa shape index (κ3) is 4.18. The van der Waals surface area contributed by atoms with Crippen LogP contribution in [-0.4, -0.2) is 42.5 Å². The summed E-state index contributed by atoms with van der Waals surface area (Å²) in [6, 6.07) is 9.36. The van der Waals surface area contributed by atoms with Crippen molar-refractivity contribution in [2.45, 2.75) is 31.8 Å². The molecule has 2 heterocycles. The van der Waals surface area contributed by atoms with Crippen molar-refractivity contribution in [2.75, 3.05) is 31.6 Å². The molecule has 2 atom stereocenters. The van der Waals surface area contributed by atoms with Crippen LogP contribution < -0.4 is 20.7 Å². The summed E-state index contributed by atoms with van der Waals surface area (Å²) >= 11 is 0. The van der Waals surface area contributed by atoms with Gasteiger partial charge in [0.15, 0.2) is 11.5 Å². The smallest absolute Gasteiger partial charge is 0.161 e. The lowest BCUT2D eigenvalue weighted by molar-refractivity contribution is 0.317. The fourth-order valence-electron chi connectivity index (χ4n) is 4.08. The van der Waals surface area contributed by atoms with E-state index in [0.29, 0.717) is 18.1 Å². The van der Waals surface area contributed by atoms with Crippen LogP contribution in [0.25, 0.3) is 0 Å². The molecule has 0 aliphatic carbocycles. The van der Waals surface area contributed by atoms with E-state index in [2.05, 4.69) is 34.2 Å². The lowest BCUT2D eigenvalue weighted by Gasteiger charge is -2.29. The van der Waals surface area contributed by atoms with Gasteiger partial charge in [0.05, 0.1) is 18.3 Å². The Morgan fingerprint density at radius 1 is 1.24 bits per heavy atom. The molecule has 0 saturated carbocycles. The molecule has 0 saturated heterocycles. The third-order valence-electron chi connectivity index (χ3n) is 5.52. The fraction of sp³-hybridized carbons (Fsp3) is 0.391. The SMILES string of the molecule is CCOc1cc(C(NC2C=CCNC2)c2ccc3c(c2O)NCCC3)ccc1O. The van der Waals surface area contributed by atoms with Crippen molar-refractivity contribution in [1.82, 2.24) is 10.6 Å². The highest BCUT2D eigenvalue weighted by molar-refractivity contribution is 5.67. The molecule has 2 aliphatic heterocycles. The van der Waals surface area contributed by atoms with E-state index in [9.17, 15) is 10.2 Å². The highest BCUT2D eigenvalue weighted by atomic mass is 16.5. The van der Waals surface area contributed by atoms with Gasteiger partial charge in [-0.15, -0.1) is 0 Å². The number of aromatic hydroxyl groups is 2. The second-order valence-corrected chi connectivity index (χ2v) is 7.52. The first-order valence-electron chi connectivity index (χ1n) is 10.3. The molecule has 5 N–H and O–H groups in total. The molecule has 29 heavy (non-hydrogen) atoms.